The first-order valence-electron chi connectivity index (χ1n) is 12.0. The van der Waals surface area contributed by atoms with Gasteiger partial charge in [0.15, 0.2) is 0 Å². The molecule has 3 aromatic carbocycles. The molecular weight excluding hydrogens is 456 g/mol. The largest absolute Gasteiger partial charge is 0.497 e. The molecule has 0 spiro atoms. The molecule has 0 bridgehead atoms. The number of carbonyl (C=O) groups excluding carboxylic acids is 2. The van der Waals surface area contributed by atoms with Crippen molar-refractivity contribution in [2.45, 2.75) is 26.3 Å². The van der Waals surface area contributed by atoms with Crippen LogP contribution in [0.25, 0.3) is 0 Å². The molecular formula is C28H32N4O4. The Labute approximate surface area is 211 Å². The number of rotatable bonds is 8. The van der Waals surface area contributed by atoms with Gasteiger partial charge in [-0.15, -0.1) is 0 Å². The van der Waals surface area contributed by atoms with Crippen LogP contribution in [0.15, 0.2) is 60.7 Å². The molecule has 36 heavy (non-hydrogen) atoms. The van der Waals surface area contributed by atoms with Gasteiger partial charge in [0, 0.05) is 49.1 Å². The average molecular weight is 489 g/mol. The third-order valence-electron chi connectivity index (χ3n) is 6.14. The van der Waals surface area contributed by atoms with Crippen molar-refractivity contribution in [2.75, 3.05) is 42.8 Å². The van der Waals surface area contributed by atoms with Crippen LogP contribution in [0.1, 0.15) is 34.3 Å². The zero-order chi connectivity index (χ0) is 25.5. The Bertz CT molecular complexity index is 1200. The number of carbonyl (C=O) groups is 2. The lowest BCUT2D eigenvalue weighted by Gasteiger charge is -2.22. The minimum atomic E-state index is -0.428. The summed E-state index contributed by atoms with van der Waals surface area (Å²) in [5.74, 6) is 0.925. The van der Waals surface area contributed by atoms with Crippen LogP contribution in [0, 0.1) is 6.92 Å². The van der Waals surface area contributed by atoms with E-state index < -0.39 is 6.03 Å². The van der Waals surface area contributed by atoms with Crippen molar-refractivity contribution in [2.24, 2.45) is 0 Å². The van der Waals surface area contributed by atoms with Gasteiger partial charge in [0.1, 0.15) is 11.5 Å². The Morgan fingerprint density at radius 2 is 1.53 bits per heavy atom. The standard InChI is InChI=1S/C28H32N4O4/c1-19-6-8-20(9-7-19)18-29-27(33)21-10-11-26(32-12-4-5-13-32)25(14-21)31-28(34)30-22-15-23(35-2)17-24(16-22)36-3/h6-11,14-17H,4-5,12-13,18H2,1-3H3,(H,29,33)(H2,30,31,34). The predicted octanol–water partition coefficient (Wildman–Crippen LogP) is 5.19. The van der Waals surface area contributed by atoms with Gasteiger partial charge >= 0.3 is 6.03 Å². The van der Waals surface area contributed by atoms with E-state index in [1.165, 1.54) is 5.56 Å². The van der Waals surface area contributed by atoms with Gasteiger partial charge < -0.3 is 30.3 Å². The second-order valence-corrected chi connectivity index (χ2v) is 8.77. The third-order valence-corrected chi connectivity index (χ3v) is 6.14. The molecule has 0 atom stereocenters. The molecule has 1 aliphatic heterocycles. The van der Waals surface area contributed by atoms with E-state index in [1.54, 1.807) is 44.6 Å². The maximum Gasteiger partial charge on any atom is 0.323 e. The molecule has 3 aromatic rings. The van der Waals surface area contributed by atoms with Crippen molar-refractivity contribution in [3.8, 4) is 11.5 Å². The Kier molecular flexibility index (Phi) is 7.95. The zero-order valence-corrected chi connectivity index (χ0v) is 20.9. The summed E-state index contributed by atoms with van der Waals surface area (Å²) in [6, 6.07) is 18.2. The number of benzene rings is 3. The Morgan fingerprint density at radius 1 is 0.861 bits per heavy atom. The second kappa shape index (κ2) is 11.5. The van der Waals surface area contributed by atoms with Gasteiger partial charge in [-0.25, -0.2) is 4.79 Å². The lowest BCUT2D eigenvalue weighted by molar-refractivity contribution is 0.0951. The van der Waals surface area contributed by atoms with E-state index in [9.17, 15) is 9.59 Å². The lowest BCUT2D eigenvalue weighted by atomic mass is 10.1. The van der Waals surface area contributed by atoms with Crippen molar-refractivity contribution in [3.05, 3.63) is 77.4 Å². The molecule has 0 unspecified atom stereocenters. The van der Waals surface area contributed by atoms with Crippen LogP contribution < -0.4 is 30.3 Å². The number of hydrogen-bond acceptors (Lipinski definition) is 5. The number of nitrogens with one attached hydrogen (secondary N) is 3. The Hall–Kier alpha value is -4.20. The minimum Gasteiger partial charge on any atom is -0.497 e. The van der Waals surface area contributed by atoms with Crippen LogP contribution in [-0.2, 0) is 6.54 Å². The van der Waals surface area contributed by atoms with E-state index in [4.69, 9.17) is 9.47 Å². The molecule has 0 saturated carbocycles. The van der Waals surface area contributed by atoms with Crippen molar-refractivity contribution in [3.63, 3.8) is 0 Å². The summed E-state index contributed by atoms with van der Waals surface area (Å²) in [5, 5.41) is 8.72. The van der Waals surface area contributed by atoms with Crippen molar-refractivity contribution >= 4 is 29.0 Å². The molecule has 4 rings (SSSR count). The van der Waals surface area contributed by atoms with Crippen LogP contribution in [0.3, 0.4) is 0 Å². The number of hydrogen-bond donors (Lipinski definition) is 3. The number of nitrogens with zero attached hydrogens (tertiary/aromatic N) is 1. The number of ether oxygens (including phenoxy) is 2. The van der Waals surface area contributed by atoms with Gasteiger partial charge in [0.05, 0.1) is 25.6 Å². The maximum absolute atomic E-state index is 12.9. The van der Waals surface area contributed by atoms with E-state index in [1.807, 2.05) is 37.3 Å². The Balaban J connectivity index is 1.51. The van der Waals surface area contributed by atoms with Crippen molar-refractivity contribution in [1.29, 1.82) is 0 Å². The summed E-state index contributed by atoms with van der Waals surface area (Å²) in [6.07, 6.45) is 2.18. The normalized spacial score (nSPS) is 12.7. The van der Waals surface area contributed by atoms with Gasteiger partial charge in [-0.3, -0.25) is 4.79 Å². The monoisotopic (exact) mass is 488 g/mol. The highest BCUT2D eigenvalue weighted by Crippen LogP contribution is 2.31. The minimum absolute atomic E-state index is 0.204. The summed E-state index contributed by atoms with van der Waals surface area (Å²) in [5.41, 5.74) is 4.66. The fourth-order valence-electron chi connectivity index (χ4n) is 4.17. The number of methoxy groups -OCH3 is 2. The van der Waals surface area contributed by atoms with Crippen molar-refractivity contribution in [1.82, 2.24) is 5.32 Å². The topological polar surface area (TPSA) is 91.9 Å². The molecule has 8 nitrogen and oxygen atoms in total. The van der Waals surface area contributed by atoms with Crippen molar-refractivity contribution < 1.29 is 19.1 Å². The van der Waals surface area contributed by atoms with Gasteiger partial charge in [-0.05, 0) is 43.5 Å². The summed E-state index contributed by atoms with van der Waals surface area (Å²) in [6.45, 7) is 4.26. The molecule has 0 aromatic heterocycles. The first kappa shape index (κ1) is 24.9. The van der Waals surface area contributed by atoms with E-state index in [0.717, 1.165) is 37.2 Å². The molecule has 3 amide bonds. The van der Waals surface area contributed by atoms with Crippen LogP contribution in [0.4, 0.5) is 21.9 Å². The molecule has 1 heterocycles. The third kappa shape index (κ3) is 6.27. The van der Waals surface area contributed by atoms with Crippen LogP contribution in [0.2, 0.25) is 0 Å². The van der Waals surface area contributed by atoms with E-state index in [-0.39, 0.29) is 5.91 Å². The summed E-state index contributed by atoms with van der Waals surface area (Å²) < 4.78 is 10.6. The molecule has 1 fully saturated rings. The highest BCUT2D eigenvalue weighted by Gasteiger charge is 2.19. The van der Waals surface area contributed by atoms with Gasteiger partial charge in [0.25, 0.3) is 5.91 Å². The van der Waals surface area contributed by atoms with E-state index in [0.29, 0.717) is 35.0 Å². The number of aryl methyl sites for hydroxylation is 1. The molecule has 188 valence electrons. The van der Waals surface area contributed by atoms with Crippen LogP contribution in [0.5, 0.6) is 11.5 Å². The van der Waals surface area contributed by atoms with E-state index in [2.05, 4.69) is 20.9 Å². The lowest BCUT2D eigenvalue weighted by Crippen LogP contribution is -2.26. The summed E-state index contributed by atoms with van der Waals surface area (Å²) in [4.78, 5) is 28.1. The molecule has 1 saturated heterocycles. The quantitative estimate of drug-likeness (QED) is 0.406. The highest BCUT2D eigenvalue weighted by atomic mass is 16.5. The number of urea groups is 1. The predicted molar refractivity (Wildman–Crippen MR) is 142 cm³/mol. The van der Waals surface area contributed by atoms with Gasteiger partial charge in [-0.2, -0.15) is 0 Å². The molecule has 0 aliphatic carbocycles. The molecule has 3 N–H and O–H groups in total. The molecule has 1 aliphatic rings. The van der Waals surface area contributed by atoms with Crippen LogP contribution >= 0.6 is 0 Å². The average Bonchev–Trinajstić information content (AvgIpc) is 3.42. The van der Waals surface area contributed by atoms with Gasteiger partial charge in [0.2, 0.25) is 0 Å². The SMILES string of the molecule is COc1cc(NC(=O)Nc2cc(C(=O)NCc3ccc(C)cc3)ccc2N2CCCC2)cc(OC)c1. The van der Waals surface area contributed by atoms with Gasteiger partial charge in [-0.1, -0.05) is 29.8 Å². The Morgan fingerprint density at radius 3 is 2.17 bits per heavy atom. The molecule has 0 radical (unpaired) electrons. The summed E-state index contributed by atoms with van der Waals surface area (Å²) >= 11 is 0. The first-order valence-corrected chi connectivity index (χ1v) is 12.0. The fourth-order valence-corrected chi connectivity index (χ4v) is 4.17. The number of anilines is 3. The fraction of sp³-hybridized carbons (Fsp3) is 0.286. The van der Waals surface area contributed by atoms with E-state index >= 15 is 0 Å². The summed E-state index contributed by atoms with van der Waals surface area (Å²) in [7, 11) is 3.10. The zero-order valence-electron chi connectivity index (χ0n) is 20.9. The molecule has 8 heteroatoms. The smallest absolute Gasteiger partial charge is 0.323 e. The highest BCUT2D eigenvalue weighted by molar-refractivity contribution is 6.04. The maximum atomic E-state index is 12.9. The number of amides is 3. The first-order chi connectivity index (χ1) is 17.4. The van der Waals surface area contributed by atoms with Crippen LogP contribution in [-0.4, -0.2) is 39.2 Å². The second-order valence-electron chi connectivity index (χ2n) is 8.77.